The lowest BCUT2D eigenvalue weighted by Gasteiger charge is -2.29. The summed E-state index contributed by atoms with van der Waals surface area (Å²) in [7, 11) is 0. The summed E-state index contributed by atoms with van der Waals surface area (Å²) in [6.45, 7) is 0. The molecule has 0 atom stereocenters. The molecule has 1 aliphatic carbocycles. The van der Waals surface area contributed by atoms with Gasteiger partial charge in [0.1, 0.15) is 11.2 Å². The molecule has 0 N–H and O–H groups in total. The molecule has 1 fully saturated rings. The predicted octanol–water partition coefficient (Wildman–Crippen LogP) is 15.3. The van der Waals surface area contributed by atoms with E-state index in [0.29, 0.717) is 5.92 Å². The highest BCUT2D eigenvalue weighted by Crippen LogP contribution is 2.46. The van der Waals surface area contributed by atoms with Crippen molar-refractivity contribution in [3.8, 4) is 33.4 Å². The van der Waals surface area contributed by atoms with Gasteiger partial charge in [-0.05, 0) is 99.5 Å². The maximum atomic E-state index is 6.48. The lowest BCUT2D eigenvalue weighted by atomic mass is 9.83. The van der Waals surface area contributed by atoms with Gasteiger partial charge in [0.2, 0.25) is 0 Å². The second-order valence-electron chi connectivity index (χ2n) is 14.7. The first-order valence-electron chi connectivity index (χ1n) is 19.4. The number of hydrogen-bond donors (Lipinski definition) is 0. The maximum Gasteiger partial charge on any atom is 0.137 e. The van der Waals surface area contributed by atoms with Gasteiger partial charge in [-0.2, -0.15) is 0 Å². The van der Waals surface area contributed by atoms with Crippen molar-refractivity contribution in [2.45, 2.75) is 38.0 Å². The monoisotopic (exact) mass is 695 g/mol. The number of rotatable bonds is 7. The van der Waals surface area contributed by atoms with E-state index in [0.717, 1.165) is 33.3 Å². The molecule has 1 aromatic heterocycles. The second kappa shape index (κ2) is 13.9. The minimum absolute atomic E-state index is 0.579. The quantitative estimate of drug-likeness (QED) is 0.165. The van der Waals surface area contributed by atoms with Gasteiger partial charge in [0.25, 0.3) is 0 Å². The van der Waals surface area contributed by atoms with Crippen LogP contribution in [0.2, 0.25) is 0 Å². The number of anilines is 3. The lowest BCUT2D eigenvalue weighted by Crippen LogP contribution is -2.12. The first kappa shape index (κ1) is 32.3. The lowest BCUT2D eigenvalue weighted by molar-refractivity contribution is 0.444. The average Bonchev–Trinajstić information content (AvgIpc) is 3.63. The van der Waals surface area contributed by atoms with Crippen LogP contribution in [-0.2, 0) is 0 Å². The van der Waals surface area contributed by atoms with E-state index in [1.54, 1.807) is 0 Å². The molecule has 2 heteroatoms. The third-order valence-electron chi connectivity index (χ3n) is 11.4. The fraction of sp³-hybridized carbons (Fsp3) is 0.115. The van der Waals surface area contributed by atoms with Gasteiger partial charge in [-0.15, -0.1) is 0 Å². The van der Waals surface area contributed by atoms with Crippen LogP contribution < -0.4 is 4.90 Å². The zero-order valence-corrected chi connectivity index (χ0v) is 30.3. The van der Waals surface area contributed by atoms with Crippen molar-refractivity contribution in [1.82, 2.24) is 0 Å². The molecule has 0 radical (unpaired) electrons. The fourth-order valence-electron chi connectivity index (χ4n) is 8.81. The van der Waals surface area contributed by atoms with Crippen LogP contribution in [0, 0.1) is 0 Å². The summed E-state index contributed by atoms with van der Waals surface area (Å²) in [6.07, 6.45) is 6.45. The van der Waals surface area contributed by atoms with E-state index in [4.69, 9.17) is 4.42 Å². The second-order valence-corrected chi connectivity index (χ2v) is 14.7. The van der Waals surface area contributed by atoms with Gasteiger partial charge in [-0.25, -0.2) is 0 Å². The number of fused-ring (bicyclic) bond motifs is 4. The molecule has 0 saturated heterocycles. The van der Waals surface area contributed by atoms with Crippen molar-refractivity contribution in [2.24, 2.45) is 0 Å². The van der Waals surface area contributed by atoms with Gasteiger partial charge in [-0.3, -0.25) is 0 Å². The Hall–Kier alpha value is -6.38. The van der Waals surface area contributed by atoms with Crippen LogP contribution in [0.25, 0.3) is 66.1 Å². The van der Waals surface area contributed by atoms with Gasteiger partial charge < -0.3 is 9.32 Å². The smallest absolute Gasteiger partial charge is 0.137 e. The van der Waals surface area contributed by atoms with E-state index in [1.165, 1.54) is 87.5 Å². The summed E-state index contributed by atoms with van der Waals surface area (Å²) in [4.78, 5) is 2.45. The number of hydrogen-bond acceptors (Lipinski definition) is 2. The van der Waals surface area contributed by atoms with E-state index in [9.17, 15) is 0 Å². The zero-order valence-electron chi connectivity index (χ0n) is 30.3. The summed E-state index contributed by atoms with van der Waals surface area (Å²) in [6, 6.07) is 66.3. The van der Waals surface area contributed by atoms with Crippen LogP contribution in [0.5, 0.6) is 0 Å². The van der Waals surface area contributed by atoms with E-state index in [1.807, 2.05) is 6.07 Å². The molecule has 10 rings (SSSR count). The molecule has 0 amide bonds. The van der Waals surface area contributed by atoms with Crippen molar-refractivity contribution in [3.05, 3.63) is 188 Å². The van der Waals surface area contributed by atoms with Crippen molar-refractivity contribution < 1.29 is 4.42 Å². The third-order valence-corrected chi connectivity index (χ3v) is 11.4. The normalized spacial score (nSPS) is 13.5. The number of benzene rings is 8. The van der Waals surface area contributed by atoms with Crippen molar-refractivity contribution in [3.63, 3.8) is 0 Å². The van der Waals surface area contributed by atoms with E-state index < -0.39 is 0 Å². The number of para-hydroxylation sites is 1. The Bertz CT molecular complexity index is 2680. The molecule has 1 saturated carbocycles. The molecule has 0 bridgehead atoms. The topological polar surface area (TPSA) is 16.4 Å². The Labute approximate surface area is 316 Å². The minimum atomic E-state index is 0.579. The Morgan fingerprint density at radius 3 is 1.76 bits per heavy atom. The highest BCUT2D eigenvalue weighted by molar-refractivity contribution is 6.07. The van der Waals surface area contributed by atoms with E-state index >= 15 is 0 Å². The molecule has 260 valence electrons. The predicted molar refractivity (Wildman–Crippen MR) is 228 cm³/mol. The zero-order chi connectivity index (χ0) is 35.8. The Morgan fingerprint density at radius 1 is 0.426 bits per heavy atom. The molecule has 2 nitrogen and oxygen atoms in total. The molecule has 0 aliphatic heterocycles. The Balaban J connectivity index is 1.17. The highest BCUT2D eigenvalue weighted by Gasteiger charge is 2.23. The number of nitrogens with zero attached hydrogens (tertiary/aromatic N) is 1. The molecule has 0 spiro atoms. The van der Waals surface area contributed by atoms with Gasteiger partial charge in [-0.1, -0.05) is 159 Å². The molecule has 54 heavy (non-hydrogen) atoms. The molecule has 9 aromatic rings. The summed E-state index contributed by atoms with van der Waals surface area (Å²) < 4.78 is 6.48. The van der Waals surface area contributed by atoms with Gasteiger partial charge in [0.15, 0.2) is 0 Å². The fourth-order valence-corrected chi connectivity index (χ4v) is 8.81. The SMILES string of the molecule is c1ccc(-c2cccc(-c3ccccc3)c2-c2ccc(N(c3ccc4c(c3)oc3ccccc34)c3cc(C4CCCCC4)cc4ccccc34)cc2)cc1. The largest absolute Gasteiger partial charge is 0.456 e. The van der Waals surface area contributed by atoms with Crippen molar-refractivity contribution in [2.75, 3.05) is 4.90 Å². The summed E-state index contributed by atoms with van der Waals surface area (Å²) in [5.41, 5.74) is 13.9. The molecule has 0 unspecified atom stereocenters. The minimum Gasteiger partial charge on any atom is -0.456 e. The first-order chi connectivity index (χ1) is 26.8. The summed E-state index contributed by atoms with van der Waals surface area (Å²) in [5, 5.41) is 4.81. The van der Waals surface area contributed by atoms with Crippen LogP contribution in [0.3, 0.4) is 0 Å². The Kier molecular flexibility index (Phi) is 8.30. The third kappa shape index (κ3) is 5.85. The van der Waals surface area contributed by atoms with Crippen LogP contribution in [0.1, 0.15) is 43.6 Å². The van der Waals surface area contributed by atoms with Crippen molar-refractivity contribution >= 4 is 49.8 Å². The van der Waals surface area contributed by atoms with Crippen LogP contribution in [0.15, 0.2) is 186 Å². The summed E-state index contributed by atoms with van der Waals surface area (Å²) in [5.74, 6) is 0.579. The highest BCUT2D eigenvalue weighted by atomic mass is 16.3. The summed E-state index contributed by atoms with van der Waals surface area (Å²) >= 11 is 0. The van der Waals surface area contributed by atoms with Gasteiger partial charge in [0, 0.05) is 33.6 Å². The molecular weight excluding hydrogens is 655 g/mol. The molecule has 1 heterocycles. The van der Waals surface area contributed by atoms with Crippen LogP contribution in [-0.4, -0.2) is 0 Å². The first-order valence-corrected chi connectivity index (χ1v) is 19.4. The molecule has 8 aromatic carbocycles. The standard InChI is InChI=1S/C52H41NO/c1-4-15-36(16-5-1)41-33-40-21-10-11-22-44(40)49(34-41)53(43-31-32-48-47-23-12-13-26-50(47)54-51(48)35-43)42-29-27-39(28-30-42)52-45(37-17-6-2-7-18-37)24-14-25-46(52)38-19-8-3-9-20-38/h2-3,6-14,17-36H,1,4-5,15-16H2. The van der Waals surface area contributed by atoms with Crippen molar-refractivity contribution in [1.29, 1.82) is 0 Å². The van der Waals surface area contributed by atoms with Crippen LogP contribution in [0.4, 0.5) is 17.1 Å². The Morgan fingerprint density at radius 2 is 1.04 bits per heavy atom. The van der Waals surface area contributed by atoms with E-state index in [2.05, 4.69) is 181 Å². The van der Waals surface area contributed by atoms with Gasteiger partial charge in [0.05, 0.1) is 5.69 Å². The van der Waals surface area contributed by atoms with Crippen LogP contribution >= 0.6 is 0 Å². The molecule has 1 aliphatic rings. The van der Waals surface area contributed by atoms with E-state index in [-0.39, 0.29) is 0 Å². The molecular formula is C52H41NO. The number of furan rings is 1. The average molecular weight is 696 g/mol. The maximum absolute atomic E-state index is 6.48. The van der Waals surface area contributed by atoms with Gasteiger partial charge >= 0.3 is 0 Å².